The Bertz CT molecular complexity index is 1230. The van der Waals surface area contributed by atoms with Crippen LogP contribution in [0.4, 0.5) is 11.6 Å². The molecular formula is C25H30ClN5O2. The fraction of sp³-hybridized carbons (Fsp3) is 0.400. The normalized spacial score (nSPS) is 18.2. The molecule has 33 heavy (non-hydrogen) atoms. The number of hydrogen-bond acceptors (Lipinski definition) is 5. The van der Waals surface area contributed by atoms with Crippen LogP contribution in [0.25, 0.3) is 10.9 Å². The van der Waals surface area contributed by atoms with Gasteiger partial charge in [-0.2, -0.15) is 0 Å². The van der Waals surface area contributed by atoms with E-state index >= 15 is 0 Å². The summed E-state index contributed by atoms with van der Waals surface area (Å²) in [7, 11) is 2.15. The molecule has 174 valence electrons. The second-order valence-corrected chi connectivity index (χ2v) is 9.50. The lowest BCUT2D eigenvalue weighted by atomic mass is 9.96. The molecule has 0 atom stereocenters. The maximum atomic E-state index is 13.3. The standard InChI is InChI=1S/C25H29N5O2.ClH/c1-25(2)16-22(31)29(24-26-21-7-5-4-6-20(21)23(32)30(24)25)17-18-8-10-19(11-9-18)28-14-12-27(3)13-15-28;/h4-11H,12-17H2,1-3H3;1H. The van der Waals surface area contributed by atoms with Crippen molar-refractivity contribution in [1.29, 1.82) is 0 Å². The molecule has 2 aliphatic heterocycles. The Hall–Kier alpha value is -2.90. The van der Waals surface area contributed by atoms with Crippen molar-refractivity contribution in [3.63, 3.8) is 0 Å². The van der Waals surface area contributed by atoms with Crippen LogP contribution in [0.2, 0.25) is 0 Å². The number of fused-ring (bicyclic) bond motifs is 2. The van der Waals surface area contributed by atoms with Gasteiger partial charge in [-0.15, -0.1) is 12.4 Å². The summed E-state index contributed by atoms with van der Waals surface area (Å²) in [6.07, 6.45) is 0.263. The number of aromatic nitrogens is 2. The van der Waals surface area contributed by atoms with Crippen LogP contribution in [0.1, 0.15) is 25.8 Å². The molecule has 0 aliphatic carbocycles. The molecule has 0 bridgehead atoms. The monoisotopic (exact) mass is 467 g/mol. The Morgan fingerprint density at radius 1 is 0.939 bits per heavy atom. The summed E-state index contributed by atoms with van der Waals surface area (Å²) in [5.74, 6) is 0.415. The van der Waals surface area contributed by atoms with Crippen LogP contribution in [-0.4, -0.2) is 53.6 Å². The van der Waals surface area contributed by atoms with E-state index in [9.17, 15) is 9.59 Å². The molecule has 0 radical (unpaired) electrons. The lowest BCUT2D eigenvalue weighted by Crippen LogP contribution is -2.51. The molecule has 1 fully saturated rings. The van der Waals surface area contributed by atoms with Gasteiger partial charge in [0.25, 0.3) is 5.56 Å². The number of amides is 1. The number of halogens is 1. The maximum Gasteiger partial charge on any atom is 0.263 e. The van der Waals surface area contributed by atoms with Crippen molar-refractivity contribution in [3.8, 4) is 0 Å². The fourth-order valence-corrected chi connectivity index (χ4v) is 4.72. The highest BCUT2D eigenvalue weighted by Gasteiger charge is 2.38. The van der Waals surface area contributed by atoms with Crippen molar-refractivity contribution in [2.24, 2.45) is 0 Å². The Morgan fingerprint density at radius 2 is 1.61 bits per heavy atom. The van der Waals surface area contributed by atoms with E-state index in [0.717, 1.165) is 31.7 Å². The van der Waals surface area contributed by atoms with Gasteiger partial charge in [-0.05, 0) is 50.7 Å². The summed E-state index contributed by atoms with van der Waals surface area (Å²) in [6.45, 7) is 8.40. The van der Waals surface area contributed by atoms with E-state index in [0.29, 0.717) is 23.4 Å². The summed E-state index contributed by atoms with van der Waals surface area (Å²) in [5.41, 5.74) is 2.12. The van der Waals surface area contributed by atoms with Crippen molar-refractivity contribution in [2.45, 2.75) is 32.4 Å². The van der Waals surface area contributed by atoms with Gasteiger partial charge >= 0.3 is 0 Å². The van der Waals surface area contributed by atoms with E-state index in [2.05, 4.69) is 41.1 Å². The first-order chi connectivity index (χ1) is 15.3. The minimum atomic E-state index is -0.623. The first-order valence-electron chi connectivity index (χ1n) is 11.2. The van der Waals surface area contributed by atoms with E-state index in [1.165, 1.54) is 5.69 Å². The van der Waals surface area contributed by atoms with E-state index in [4.69, 9.17) is 4.98 Å². The largest absolute Gasteiger partial charge is 0.369 e. The second kappa shape index (κ2) is 8.80. The molecule has 7 nitrogen and oxygen atoms in total. The van der Waals surface area contributed by atoms with Gasteiger partial charge in [-0.25, -0.2) is 4.98 Å². The molecule has 0 spiro atoms. The lowest BCUT2D eigenvalue weighted by Gasteiger charge is -2.39. The van der Waals surface area contributed by atoms with Gasteiger partial charge < -0.3 is 9.80 Å². The molecule has 1 aromatic heterocycles. The average Bonchev–Trinajstić information content (AvgIpc) is 2.77. The average molecular weight is 468 g/mol. The first-order valence-corrected chi connectivity index (χ1v) is 11.2. The summed E-state index contributed by atoms with van der Waals surface area (Å²) in [4.78, 5) is 37.6. The zero-order chi connectivity index (χ0) is 22.5. The Morgan fingerprint density at radius 3 is 2.30 bits per heavy atom. The maximum absolute atomic E-state index is 13.3. The molecule has 2 aliphatic rings. The number of nitrogens with zero attached hydrogens (tertiary/aromatic N) is 5. The smallest absolute Gasteiger partial charge is 0.263 e. The van der Waals surface area contributed by atoms with Crippen molar-refractivity contribution in [1.82, 2.24) is 14.5 Å². The number of carbonyl (C=O) groups excluding carboxylic acids is 1. The van der Waals surface area contributed by atoms with E-state index in [1.807, 2.05) is 32.0 Å². The second-order valence-electron chi connectivity index (χ2n) is 9.50. The van der Waals surface area contributed by atoms with Gasteiger partial charge in [-0.3, -0.25) is 19.1 Å². The number of carbonyl (C=O) groups is 1. The van der Waals surface area contributed by atoms with Crippen LogP contribution in [0.3, 0.4) is 0 Å². The van der Waals surface area contributed by atoms with E-state index < -0.39 is 5.54 Å². The third-order valence-electron chi connectivity index (χ3n) is 6.64. The van der Waals surface area contributed by atoms with Crippen molar-refractivity contribution in [3.05, 3.63) is 64.4 Å². The van der Waals surface area contributed by atoms with Crippen LogP contribution in [-0.2, 0) is 16.9 Å². The summed E-state index contributed by atoms with van der Waals surface area (Å²) in [5, 5.41) is 0.579. The number of hydrogen-bond donors (Lipinski definition) is 0. The molecule has 3 aromatic rings. The molecule has 3 heterocycles. The summed E-state index contributed by atoms with van der Waals surface area (Å²) in [6, 6.07) is 15.7. The Balaban J connectivity index is 0.00000259. The predicted octanol–water partition coefficient (Wildman–Crippen LogP) is 3.24. The predicted molar refractivity (Wildman–Crippen MR) is 135 cm³/mol. The van der Waals surface area contributed by atoms with Gasteiger partial charge in [0.2, 0.25) is 11.9 Å². The number of piperazine rings is 1. The lowest BCUT2D eigenvalue weighted by molar-refractivity contribution is -0.121. The fourth-order valence-electron chi connectivity index (χ4n) is 4.72. The third kappa shape index (κ3) is 4.23. The van der Waals surface area contributed by atoms with E-state index in [-0.39, 0.29) is 30.3 Å². The van der Waals surface area contributed by atoms with Gasteiger partial charge in [-0.1, -0.05) is 24.3 Å². The molecule has 0 unspecified atom stereocenters. The summed E-state index contributed by atoms with van der Waals surface area (Å²) < 4.78 is 1.69. The number of anilines is 2. The first kappa shape index (κ1) is 23.3. The molecular weight excluding hydrogens is 438 g/mol. The molecule has 5 rings (SSSR count). The highest BCUT2D eigenvalue weighted by molar-refractivity contribution is 5.95. The van der Waals surface area contributed by atoms with Crippen molar-refractivity contribution < 1.29 is 4.79 Å². The number of rotatable bonds is 3. The quantitative estimate of drug-likeness (QED) is 0.591. The molecule has 1 amide bonds. The van der Waals surface area contributed by atoms with Gasteiger partial charge in [0.1, 0.15) is 0 Å². The summed E-state index contributed by atoms with van der Waals surface area (Å²) >= 11 is 0. The number of likely N-dealkylation sites (N-methyl/N-ethyl adjacent to an activating group) is 1. The Labute approximate surface area is 200 Å². The van der Waals surface area contributed by atoms with Crippen molar-refractivity contribution >= 4 is 40.9 Å². The highest BCUT2D eigenvalue weighted by Crippen LogP contribution is 2.33. The minimum Gasteiger partial charge on any atom is -0.369 e. The molecule has 0 saturated carbocycles. The zero-order valence-electron chi connectivity index (χ0n) is 19.3. The SMILES string of the molecule is CN1CCN(c2ccc(CN3C(=O)CC(C)(C)n4c3nc3ccccc3c4=O)cc2)CC1.Cl. The van der Waals surface area contributed by atoms with E-state index in [1.54, 1.807) is 15.5 Å². The number of benzene rings is 2. The molecule has 1 saturated heterocycles. The topological polar surface area (TPSA) is 61.7 Å². The van der Waals surface area contributed by atoms with Crippen LogP contribution in [0.15, 0.2) is 53.3 Å². The van der Waals surface area contributed by atoms with Crippen LogP contribution >= 0.6 is 12.4 Å². The highest BCUT2D eigenvalue weighted by atomic mass is 35.5. The van der Waals surface area contributed by atoms with Gasteiger partial charge in [0.05, 0.1) is 29.4 Å². The Kier molecular flexibility index (Phi) is 6.20. The van der Waals surface area contributed by atoms with Crippen molar-refractivity contribution in [2.75, 3.05) is 43.0 Å². The molecule has 2 aromatic carbocycles. The van der Waals surface area contributed by atoms with Crippen LogP contribution in [0, 0.1) is 0 Å². The molecule has 8 heteroatoms. The zero-order valence-corrected chi connectivity index (χ0v) is 20.1. The third-order valence-corrected chi connectivity index (χ3v) is 6.64. The van der Waals surface area contributed by atoms with Crippen LogP contribution < -0.4 is 15.4 Å². The molecule has 0 N–H and O–H groups in total. The van der Waals surface area contributed by atoms with Gasteiger partial charge in [0.15, 0.2) is 0 Å². The van der Waals surface area contributed by atoms with Crippen LogP contribution in [0.5, 0.6) is 0 Å². The minimum absolute atomic E-state index is 0. The van der Waals surface area contributed by atoms with Gasteiger partial charge in [0, 0.05) is 31.9 Å². The number of para-hydroxylation sites is 1.